The van der Waals surface area contributed by atoms with Crippen LogP contribution < -0.4 is 22.5 Å². The number of aliphatic hydroxyl groups is 1. The summed E-state index contributed by atoms with van der Waals surface area (Å²) in [6.07, 6.45) is 0.337. The molecular formula is C30H43N9O16P2S. The molecular weight excluding hydrogens is 836 g/mol. The number of nitrogens with zero attached hydrogens (tertiary/aromatic N) is 6. The number of nitrogens with two attached hydrogens (primary N) is 2. The van der Waals surface area contributed by atoms with E-state index in [-0.39, 0.29) is 48.7 Å². The number of phosphoric acid groups is 1. The molecule has 0 spiro atoms. The van der Waals surface area contributed by atoms with E-state index in [1.165, 1.54) is 18.3 Å². The summed E-state index contributed by atoms with van der Waals surface area (Å²) in [5.41, 5.74) is 6.62. The zero-order valence-corrected chi connectivity index (χ0v) is 33.4. The van der Waals surface area contributed by atoms with Crippen molar-refractivity contribution in [2.45, 2.75) is 67.5 Å². The molecule has 9 N–H and O–H groups in total. The summed E-state index contributed by atoms with van der Waals surface area (Å²) in [6, 6.07) is -1.56. The van der Waals surface area contributed by atoms with Crippen LogP contribution in [-0.2, 0) is 57.5 Å². The molecule has 1 amide bonds. The first-order valence-corrected chi connectivity index (χ1v) is 22.6. The molecule has 0 saturated carbocycles. The lowest BCUT2D eigenvalue weighted by Crippen LogP contribution is -2.52. The average Bonchev–Trinajstić information content (AvgIpc) is 3.84. The highest BCUT2D eigenvalue weighted by Gasteiger charge is 2.56. The molecule has 2 aliphatic heterocycles. The quantitative estimate of drug-likeness (QED) is 0.0393. The van der Waals surface area contributed by atoms with Crippen LogP contribution >= 0.6 is 15.4 Å². The Morgan fingerprint density at radius 2 is 1.91 bits per heavy atom. The molecule has 2 aliphatic rings. The summed E-state index contributed by atoms with van der Waals surface area (Å²) in [7, 11) is -13.7. The van der Waals surface area contributed by atoms with Crippen molar-refractivity contribution < 1.29 is 70.2 Å². The van der Waals surface area contributed by atoms with Gasteiger partial charge in [-0.2, -0.15) is 4.98 Å². The van der Waals surface area contributed by atoms with Gasteiger partial charge in [-0.15, -0.1) is 6.58 Å². The van der Waals surface area contributed by atoms with Gasteiger partial charge in [0.15, 0.2) is 17.6 Å². The van der Waals surface area contributed by atoms with Gasteiger partial charge in [0, 0.05) is 18.9 Å². The number of carbonyl (C=O) groups excluding carboxylic acids is 2. The Kier molecular flexibility index (Phi) is 13.9. The number of sulfone groups is 1. The molecule has 2 unspecified atom stereocenters. The van der Waals surface area contributed by atoms with Crippen LogP contribution in [0.25, 0.3) is 11.2 Å². The molecule has 2 fully saturated rings. The largest absolute Gasteiger partial charge is 0.469 e. The lowest BCUT2D eigenvalue weighted by atomic mass is 10.0. The number of hydrogen-bond acceptors (Lipinski definition) is 19. The van der Waals surface area contributed by atoms with Crippen molar-refractivity contribution in [2.75, 3.05) is 49.9 Å². The van der Waals surface area contributed by atoms with Crippen LogP contribution in [0.4, 0.5) is 11.6 Å². The van der Waals surface area contributed by atoms with Crippen molar-refractivity contribution in [3.05, 3.63) is 48.1 Å². The number of imidazole rings is 1. The maximum Gasteiger partial charge on any atom is 0.469 e. The van der Waals surface area contributed by atoms with Crippen molar-refractivity contribution in [1.82, 2.24) is 34.4 Å². The third-order valence-electron chi connectivity index (χ3n) is 9.23. The van der Waals surface area contributed by atoms with E-state index in [2.05, 4.69) is 36.4 Å². The number of rotatable bonds is 19. The maximum absolute atomic E-state index is 14.2. The molecule has 25 nitrogen and oxygen atoms in total. The first-order chi connectivity index (χ1) is 27.1. The summed E-state index contributed by atoms with van der Waals surface area (Å²) < 4.78 is 79.2. The van der Waals surface area contributed by atoms with Crippen molar-refractivity contribution in [3.63, 3.8) is 0 Å². The van der Waals surface area contributed by atoms with E-state index in [0.717, 1.165) is 28.0 Å². The summed E-state index contributed by atoms with van der Waals surface area (Å²) in [5, 5.41) is 14.7. The number of phosphoric ester groups is 1. The Hall–Kier alpha value is -4.20. The number of nitrogens with one attached hydrogen (secondary N) is 1. The van der Waals surface area contributed by atoms with Crippen molar-refractivity contribution in [1.29, 1.82) is 0 Å². The van der Waals surface area contributed by atoms with Gasteiger partial charge in [-0.25, -0.2) is 37.5 Å². The lowest BCUT2D eigenvalue weighted by Gasteiger charge is -2.33. The van der Waals surface area contributed by atoms with Crippen LogP contribution in [0, 0.1) is 0 Å². The van der Waals surface area contributed by atoms with Gasteiger partial charge >= 0.3 is 27.1 Å². The van der Waals surface area contributed by atoms with Crippen molar-refractivity contribution >= 4 is 59.9 Å². The van der Waals surface area contributed by atoms with Crippen LogP contribution in [0.1, 0.15) is 31.7 Å². The molecule has 8 atom stereocenters. The predicted molar refractivity (Wildman–Crippen MR) is 199 cm³/mol. The number of amides is 1. The number of fused-ring (bicyclic) bond motifs is 1. The highest BCUT2D eigenvalue weighted by Crippen LogP contribution is 2.57. The minimum absolute atomic E-state index is 0.0366. The highest BCUT2D eigenvalue weighted by atomic mass is 32.2. The van der Waals surface area contributed by atoms with E-state index in [9.17, 15) is 51.7 Å². The number of carbonyl (C=O) groups is 2. The minimum Gasteiger partial charge on any atom is -0.453 e. The Labute approximate surface area is 329 Å². The zero-order valence-electron chi connectivity index (χ0n) is 30.8. The van der Waals surface area contributed by atoms with Crippen LogP contribution in [-0.4, -0.2) is 138 Å². The smallest absolute Gasteiger partial charge is 0.453 e. The molecule has 0 aliphatic carbocycles. The third kappa shape index (κ3) is 10.7. The summed E-state index contributed by atoms with van der Waals surface area (Å²) in [4.78, 5) is 85.0. The monoisotopic (exact) mass is 879 g/mol. The van der Waals surface area contributed by atoms with E-state index in [4.69, 9.17) is 30.2 Å². The minimum atomic E-state index is -5.05. The molecule has 2 saturated heterocycles. The highest BCUT2D eigenvalue weighted by molar-refractivity contribution is 7.90. The molecule has 0 aromatic carbocycles. The first-order valence-electron chi connectivity index (χ1n) is 17.3. The predicted octanol–water partition coefficient (Wildman–Crippen LogP) is -1.90. The van der Waals surface area contributed by atoms with E-state index in [0.29, 0.717) is 0 Å². The molecule has 0 bridgehead atoms. The van der Waals surface area contributed by atoms with Gasteiger partial charge in [0.25, 0.3) is 0 Å². The fourth-order valence-corrected chi connectivity index (χ4v) is 9.32. The molecule has 58 heavy (non-hydrogen) atoms. The Bertz CT molecular complexity index is 2270. The standard InChI is InChI=1S/C30H43N9O16P2S/c1-3-4-5-22(40)36-17(8-11-58(2,49)50)28(41)55-25-20(52-14-30(25,43)39-16-35-23-26(32)33-15-34-27(23)39)13-54-56(44,45)24-18(38-9-6-21(31)37-29(38)42)12-51-19(24)7-10-53-57(46,47)48/h3,6,9,15-20,24-25,43H,1,4-5,7-8,10-14H2,2H3,(H,36,40)(H,44,45)(H2,31,37,42)(H2,32,33,34)(H2,46,47,48)/t17-,18?,19+,20+,24-,25+,30+/m0/s1. The van der Waals surface area contributed by atoms with Crippen molar-refractivity contribution in [2.24, 2.45) is 0 Å². The van der Waals surface area contributed by atoms with Crippen LogP contribution in [0.15, 0.2) is 42.4 Å². The summed E-state index contributed by atoms with van der Waals surface area (Å²) >= 11 is 0. The molecule has 5 rings (SSSR count). The average molecular weight is 880 g/mol. The van der Waals surface area contributed by atoms with E-state index < -0.39 is 117 Å². The van der Waals surface area contributed by atoms with Gasteiger partial charge in [0.2, 0.25) is 11.6 Å². The Balaban J connectivity index is 1.48. The molecule has 3 aromatic rings. The van der Waals surface area contributed by atoms with Crippen LogP contribution in [0.3, 0.4) is 0 Å². The van der Waals surface area contributed by atoms with Crippen LogP contribution in [0.2, 0.25) is 0 Å². The van der Waals surface area contributed by atoms with Crippen LogP contribution in [0.5, 0.6) is 0 Å². The van der Waals surface area contributed by atoms with Gasteiger partial charge in [0.1, 0.15) is 45.3 Å². The first kappa shape index (κ1) is 44.9. The van der Waals surface area contributed by atoms with Crippen molar-refractivity contribution in [3.8, 4) is 0 Å². The SMILES string of the molecule is C=CCCC(=O)N[C@@H](CCS(C)(=O)=O)C(=O)O[C@@H]1[C@@H](COP(=O)(O)[C@H]2C(n3ccc(N)nc3=O)CO[C@@H]2CCOP(=O)(O)O)OC[C@]1(O)n1cnc2c(N)ncnc21. The third-order valence-corrected chi connectivity index (χ3v) is 12.7. The molecule has 5 heterocycles. The number of anilines is 2. The molecule has 28 heteroatoms. The molecule has 0 radical (unpaired) electrons. The number of ether oxygens (including phenoxy) is 3. The second-order valence-electron chi connectivity index (χ2n) is 13.4. The zero-order chi connectivity index (χ0) is 42.6. The fraction of sp³-hybridized carbons (Fsp3) is 0.567. The van der Waals surface area contributed by atoms with Gasteiger partial charge in [-0.3, -0.25) is 23.0 Å². The van der Waals surface area contributed by atoms with E-state index in [1.807, 2.05) is 0 Å². The fourth-order valence-electron chi connectivity index (χ4n) is 6.46. The number of hydrogen-bond donors (Lipinski definition) is 7. The van der Waals surface area contributed by atoms with Gasteiger partial charge in [0.05, 0.1) is 50.7 Å². The van der Waals surface area contributed by atoms with Gasteiger partial charge < -0.3 is 55.3 Å². The number of aromatic nitrogens is 6. The normalized spacial score (nSPS) is 25.3. The second kappa shape index (κ2) is 18.0. The second-order valence-corrected chi connectivity index (χ2v) is 18.9. The lowest BCUT2D eigenvalue weighted by molar-refractivity contribution is -0.176. The maximum atomic E-state index is 14.2. The summed E-state index contributed by atoms with van der Waals surface area (Å²) in [6.45, 7) is 0.952. The Morgan fingerprint density at radius 3 is 2.59 bits per heavy atom. The number of nitrogen functional groups attached to an aromatic ring is 2. The van der Waals surface area contributed by atoms with E-state index in [1.54, 1.807) is 0 Å². The topological polar surface area (TPSA) is 372 Å². The number of esters is 1. The summed E-state index contributed by atoms with van der Waals surface area (Å²) in [5.74, 6) is -2.64. The van der Waals surface area contributed by atoms with Gasteiger partial charge in [-0.1, -0.05) is 6.08 Å². The number of allylic oxidation sites excluding steroid dienone is 1. The molecule has 320 valence electrons. The Morgan fingerprint density at radius 1 is 1.17 bits per heavy atom. The van der Waals surface area contributed by atoms with Gasteiger partial charge in [-0.05, 0) is 25.3 Å². The molecule has 3 aromatic heterocycles. The van der Waals surface area contributed by atoms with E-state index >= 15 is 0 Å².